The van der Waals surface area contributed by atoms with Crippen molar-refractivity contribution >= 4 is 34.6 Å². The molecule has 0 aliphatic rings. The molecule has 0 aromatic heterocycles. The van der Waals surface area contributed by atoms with Gasteiger partial charge in [-0.15, -0.1) is 0 Å². The minimum atomic E-state index is -0.153. The second-order valence-corrected chi connectivity index (χ2v) is 6.07. The summed E-state index contributed by atoms with van der Waals surface area (Å²) in [7, 11) is 0. The molecule has 3 rings (SSSR count). The summed E-state index contributed by atoms with van der Waals surface area (Å²) in [5, 5.41) is 9.57. The van der Waals surface area contributed by atoms with E-state index in [4.69, 9.17) is 12.2 Å². The Kier molecular flexibility index (Phi) is 5.96. The van der Waals surface area contributed by atoms with E-state index in [2.05, 4.69) is 16.0 Å². The van der Waals surface area contributed by atoms with Crippen molar-refractivity contribution in [1.29, 1.82) is 0 Å². The van der Waals surface area contributed by atoms with Crippen LogP contribution in [0.15, 0.2) is 84.9 Å². The summed E-state index contributed by atoms with van der Waals surface area (Å²) in [6.07, 6.45) is 0. The molecule has 0 aliphatic heterocycles. The van der Waals surface area contributed by atoms with E-state index in [1.54, 1.807) is 6.07 Å². The molecule has 0 bridgehead atoms. The zero-order valence-corrected chi connectivity index (χ0v) is 14.9. The van der Waals surface area contributed by atoms with E-state index in [9.17, 15) is 4.79 Å². The van der Waals surface area contributed by atoms with E-state index in [-0.39, 0.29) is 5.91 Å². The van der Waals surface area contributed by atoms with Crippen LogP contribution in [0.2, 0.25) is 0 Å². The van der Waals surface area contributed by atoms with Crippen LogP contribution in [0.3, 0.4) is 0 Å². The molecule has 0 saturated carbocycles. The zero-order chi connectivity index (χ0) is 18.2. The highest BCUT2D eigenvalue weighted by molar-refractivity contribution is 7.80. The Labute approximate surface area is 158 Å². The number of thiocarbonyl (C=S) groups is 1. The summed E-state index contributed by atoms with van der Waals surface area (Å²) in [6.45, 7) is 0.473. The molecule has 5 heteroatoms. The van der Waals surface area contributed by atoms with E-state index < -0.39 is 0 Å². The molecule has 0 spiro atoms. The lowest BCUT2D eigenvalue weighted by atomic mass is 10.1. The molecule has 0 aliphatic carbocycles. The van der Waals surface area contributed by atoms with Gasteiger partial charge in [0.2, 0.25) is 0 Å². The van der Waals surface area contributed by atoms with Gasteiger partial charge < -0.3 is 16.0 Å². The highest BCUT2D eigenvalue weighted by Gasteiger charge is 2.11. The van der Waals surface area contributed by atoms with Crippen LogP contribution in [-0.2, 0) is 6.54 Å². The number of carbonyl (C=O) groups is 1. The molecule has 0 heterocycles. The third-order valence-corrected chi connectivity index (χ3v) is 3.95. The van der Waals surface area contributed by atoms with Gasteiger partial charge in [0.25, 0.3) is 5.91 Å². The minimum Gasteiger partial charge on any atom is -0.348 e. The SMILES string of the molecule is O=C(NCc1ccccc1)c1ccccc1NC(=S)Nc1ccccc1. The smallest absolute Gasteiger partial charge is 0.253 e. The molecule has 0 saturated heterocycles. The van der Waals surface area contributed by atoms with Crippen LogP contribution in [0.5, 0.6) is 0 Å². The molecule has 1 amide bonds. The lowest BCUT2D eigenvalue weighted by molar-refractivity contribution is 0.0952. The van der Waals surface area contributed by atoms with Crippen molar-refractivity contribution in [3.8, 4) is 0 Å². The van der Waals surface area contributed by atoms with Gasteiger partial charge in [-0.3, -0.25) is 4.79 Å². The van der Waals surface area contributed by atoms with Crippen LogP contribution in [0.4, 0.5) is 11.4 Å². The fourth-order valence-corrected chi connectivity index (χ4v) is 2.70. The van der Waals surface area contributed by atoms with Crippen molar-refractivity contribution in [3.05, 3.63) is 96.1 Å². The molecule has 26 heavy (non-hydrogen) atoms. The third kappa shape index (κ3) is 4.91. The average Bonchev–Trinajstić information content (AvgIpc) is 2.68. The largest absolute Gasteiger partial charge is 0.348 e. The van der Waals surface area contributed by atoms with Crippen molar-refractivity contribution in [3.63, 3.8) is 0 Å². The van der Waals surface area contributed by atoms with Crippen molar-refractivity contribution < 1.29 is 4.79 Å². The lowest BCUT2D eigenvalue weighted by Gasteiger charge is -2.14. The standard InChI is InChI=1S/C21H19N3OS/c25-20(22-15-16-9-3-1-4-10-16)18-13-7-8-14-19(18)24-21(26)23-17-11-5-2-6-12-17/h1-14H,15H2,(H,22,25)(H2,23,24,26). The molecular formula is C21H19N3OS. The Hall–Kier alpha value is -3.18. The molecule has 0 atom stereocenters. The molecule has 130 valence electrons. The quantitative estimate of drug-likeness (QED) is 0.589. The fraction of sp³-hybridized carbons (Fsp3) is 0.0476. The van der Waals surface area contributed by atoms with Gasteiger partial charge in [-0.05, 0) is 42.0 Å². The maximum absolute atomic E-state index is 12.6. The number of carbonyl (C=O) groups excluding carboxylic acids is 1. The molecular weight excluding hydrogens is 342 g/mol. The van der Waals surface area contributed by atoms with Gasteiger partial charge in [0.05, 0.1) is 11.3 Å². The summed E-state index contributed by atoms with van der Waals surface area (Å²) in [5.41, 5.74) is 3.13. The molecule has 3 aromatic carbocycles. The van der Waals surface area contributed by atoms with Gasteiger partial charge in [-0.1, -0.05) is 60.7 Å². The van der Waals surface area contributed by atoms with Crippen molar-refractivity contribution in [1.82, 2.24) is 5.32 Å². The zero-order valence-electron chi connectivity index (χ0n) is 14.1. The first-order valence-corrected chi connectivity index (χ1v) is 8.67. The van der Waals surface area contributed by atoms with Crippen LogP contribution < -0.4 is 16.0 Å². The van der Waals surface area contributed by atoms with E-state index in [1.807, 2.05) is 78.9 Å². The Morgan fingerprint density at radius 2 is 1.38 bits per heavy atom. The second kappa shape index (κ2) is 8.78. The van der Waals surface area contributed by atoms with Gasteiger partial charge >= 0.3 is 0 Å². The summed E-state index contributed by atoms with van der Waals surface area (Å²) in [4.78, 5) is 12.6. The maximum atomic E-state index is 12.6. The van der Waals surface area contributed by atoms with Crippen molar-refractivity contribution in [2.45, 2.75) is 6.54 Å². The monoisotopic (exact) mass is 361 g/mol. The minimum absolute atomic E-state index is 0.153. The van der Waals surface area contributed by atoms with E-state index in [1.165, 1.54) is 0 Å². The van der Waals surface area contributed by atoms with Crippen LogP contribution in [0, 0.1) is 0 Å². The van der Waals surface area contributed by atoms with Gasteiger partial charge in [0.1, 0.15) is 0 Å². The Balaban J connectivity index is 1.65. The number of amides is 1. The van der Waals surface area contributed by atoms with Gasteiger partial charge in [-0.25, -0.2) is 0 Å². The molecule has 3 N–H and O–H groups in total. The number of benzene rings is 3. The van der Waals surface area contributed by atoms with Gasteiger partial charge in [0, 0.05) is 12.2 Å². The highest BCUT2D eigenvalue weighted by atomic mass is 32.1. The number of hydrogen-bond donors (Lipinski definition) is 3. The predicted molar refractivity (Wildman–Crippen MR) is 110 cm³/mol. The Morgan fingerprint density at radius 1 is 0.769 bits per heavy atom. The molecule has 0 unspecified atom stereocenters. The van der Waals surface area contributed by atoms with Crippen LogP contribution in [-0.4, -0.2) is 11.0 Å². The summed E-state index contributed by atoms with van der Waals surface area (Å²) in [6, 6.07) is 26.7. The van der Waals surface area contributed by atoms with Crippen LogP contribution in [0.25, 0.3) is 0 Å². The molecule has 3 aromatic rings. The molecule has 0 fully saturated rings. The molecule has 0 radical (unpaired) electrons. The number of anilines is 2. The number of nitrogens with one attached hydrogen (secondary N) is 3. The number of para-hydroxylation sites is 2. The fourth-order valence-electron chi connectivity index (χ4n) is 2.47. The Bertz CT molecular complexity index is 882. The average molecular weight is 361 g/mol. The first-order chi connectivity index (χ1) is 12.7. The van der Waals surface area contributed by atoms with Crippen LogP contribution >= 0.6 is 12.2 Å². The second-order valence-electron chi connectivity index (χ2n) is 5.66. The third-order valence-electron chi connectivity index (χ3n) is 3.75. The predicted octanol–water partition coefficient (Wildman–Crippen LogP) is 4.43. The van der Waals surface area contributed by atoms with Gasteiger partial charge in [0.15, 0.2) is 5.11 Å². The maximum Gasteiger partial charge on any atom is 0.253 e. The number of rotatable bonds is 5. The highest BCUT2D eigenvalue weighted by Crippen LogP contribution is 2.16. The topological polar surface area (TPSA) is 53.2 Å². The van der Waals surface area contributed by atoms with Gasteiger partial charge in [-0.2, -0.15) is 0 Å². The lowest BCUT2D eigenvalue weighted by Crippen LogP contribution is -2.26. The van der Waals surface area contributed by atoms with E-state index in [0.717, 1.165) is 11.3 Å². The molecule has 4 nitrogen and oxygen atoms in total. The van der Waals surface area contributed by atoms with Crippen LogP contribution in [0.1, 0.15) is 15.9 Å². The van der Waals surface area contributed by atoms with Crippen molar-refractivity contribution in [2.75, 3.05) is 10.6 Å². The Morgan fingerprint density at radius 3 is 2.12 bits per heavy atom. The summed E-state index contributed by atoms with van der Waals surface area (Å²) < 4.78 is 0. The normalized spacial score (nSPS) is 10.0. The first-order valence-electron chi connectivity index (χ1n) is 8.26. The first kappa shape index (κ1) is 17.6. The van der Waals surface area contributed by atoms with E-state index in [0.29, 0.717) is 22.9 Å². The van der Waals surface area contributed by atoms with E-state index >= 15 is 0 Å². The summed E-state index contributed by atoms with van der Waals surface area (Å²) in [5.74, 6) is -0.153. The summed E-state index contributed by atoms with van der Waals surface area (Å²) >= 11 is 5.35. The number of hydrogen-bond acceptors (Lipinski definition) is 2. The van der Waals surface area contributed by atoms with Crippen molar-refractivity contribution in [2.24, 2.45) is 0 Å².